The van der Waals surface area contributed by atoms with Gasteiger partial charge in [-0.05, 0) is 228 Å². The van der Waals surface area contributed by atoms with Gasteiger partial charge in [0.25, 0.3) is 0 Å². The fourth-order valence-corrected chi connectivity index (χ4v) is 11.2. The Morgan fingerprint density at radius 1 is 0.224 bits per heavy atom. The van der Waals surface area contributed by atoms with Crippen LogP contribution in [0, 0.1) is 41.5 Å². The van der Waals surface area contributed by atoms with Crippen LogP contribution in [0.1, 0.15) is 33.4 Å². The molecule has 0 aliphatic heterocycles. The largest absolute Gasteiger partial charge is 0.310 e. The zero-order chi connectivity index (χ0) is 45.5. The summed E-state index contributed by atoms with van der Waals surface area (Å²) in [5, 5.41) is 15.2. The molecule has 320 valence electrons. The first kappa shape index (κ1) is 40.5. The van der Waals surface area contributed by atoms with Gasteiger partial charge in [0.2, 0.25) is 0 Å². The van der Waals surface area contributed by atoms with Crippen LogP contribution in [0.4, 0.5) is 17.1 Å². The summed E-state index contributed by atoms with van der Waals surface area (Å²) in [5.74, 6) is 0. The molecule has 0 aliphatic rings. The van der Waals surface area contributed by atoms with Crippen LogP contribution >= 0.6 is 0 Å². The molecule has 0 aromatic heterocycles. The average molecular weight is 858 g/mol. The second kappa shape index (κ2) is 15.9. The normalized spacial score (nSPS) is 11.7. The lowest BCUT2D eigenvalue weighted by Crippen LogP contribution is -2.15. The molecule has 0 bridgehead atoms. The number of benzene rings is 12. The Morgan fingerprint density at radius 3 is 0.657 bits per heavy atom. The van der Waals surface area contributed by atoms with Gasteiger partial charge in [-0.15, -0.1) is 0 Å². The Bertz CT molecular complexity index is 3420. The summed E-state index contributed by atoms with van der Waals surface area (Å²) in [5.41, 5.74) is 18.6. The summed E-state index contributed by atoms with van der Waals surface area (Å²) in [6.07, 6.45) is 0. The highest BCUT2D eigenvalue weighted by Gasteiger charge is 2.25. The third-order valence-electron chi connectivity index (χ3n) is 14.5. The molecule has 0 saturated heterocycles. The summed E-state index contributed by atoms with van der Waals surface area (Å²) < 4.78 is 0. The van der Waals surface area contributed by atoms with Gasteiger partial charge in [0.1, 0.15) is 0 Å². The van der Waals surface area contributed by atoms with Crippen molar-refractivity contribution >= 4 is 81.7 Å². The van der Waals surface area contributed by atoms with Crippen molar-refractivity contribution in [2.45, 2.75) is 41.5 Å². The highest BCUT2D eigenvalue weighted by molar-refractivity contribution is 6.16. The number of hydrogen-bond acceptors (Lipinski definition) is 1. The van der Waals surface area contributed by atoms with Crippen molar-refractivity contribution in [3.8, 4) is 33.4 Å². The first-order valence-electron chi connectivity index (χ1n) is 23.6. The molecule has 67 heavy (non-hydrogen) atoms. The van der Waals surface area contributed by atoms with E-state index in [0.717, 1.165) is 0 Å². The summed E-state index contributed by atoms with van der Waals surface area (Å²) in [6.45, 7) is 13.8. The molecule has 12 aromatic carbocycles. The lowest BCUT2D eigenvalue weighted by Gasteiger charge is -2.32. The van der Waals surface area contributed by atoms with Crippen LogP contribution in [0.15, 0.2) is 200 Å². The zero-order valence-electron chi connectivity index (χ0n) is 39.0. The van der Waals surface area contributed by atoms with Gasteiger partial charge in [-0.2, -0.15) is 0 Å². The van der Waals surface area contributed by atoms with Crippen LogP contribution in [0.3, 0.4) is 0 Å². The molecular weight excluding hydrogens is 807 g/mol. The lowest BCUT2D eigenvalue weighted by molar-refractivity contribution is 1.19. The van der Waals surface area contributed by atoms with E-state index in [1.807, 2.05) is 0 Å². The fraction of sp³-hybridized carbons (Fsp3) is 0.0909. The predicted molar refractivity (Wildman–Crippen MR) is 291 cm³/mol. The standard InChI is InChI=1S/C66H51N/c1-40-34-61(43(4)31-58(40)64-52-25-13-7-19-46(52)37-47-20-8-14-26-53(47)64)67(62-35-41(2)59(32-44(62)5)65-54-27-15-9-21-48(54)38-49-22-10-16-28-55(49)65)63-36-42(3)60(33-45(63)6)66-56-29-17-11-23-50(56)39-51-24-12-18-30-57(51)66/h7-39H,1-6H3. The van der Waals surface area contributed by atoms with Crippen molar-refractivity contribution in [2.75, 3.05) is 4.90 Å². The van der Waals surface area contributed by atoms with Crippen LogP contribution in [-0.4, -0.2) is 0 Å². The van der Waals surface area contributed by atoms with E-state index >= 15 is 0 Å². The maximum absolute atomic E-state index is 2.56. The Labute approximate surface area is 393 Å². The summed E-state index contributed by atoms with van der Waals surface area (Å²) in [7, 11) is 0. The molecule has 0 saturated carbocycles. The maximum atomic E-state index is 2.56. The number of rotatable bonds is 6. The van der Waals surface area contributed by atoms with Crippen molar-refractivity contribution in [1.82, 2.24) is 0 Å². The van der Waals surface area contributed by atoms with Crippen LogP contribution in [0.5, 0.6) is 0 Å². The molecule has 0 fully saturated rings. The predicted octanol–water partition coefficient (Wildman–Crippen LogP) is 18.9. The van der Waals surface area contributed by atoms with Gasteiger partial charge >= 0.3 is 0 Å². The van der Waals surface area contributed by atoms with E-state index in [-0.39, 0.29) is 0 Å². The number of aryl methyl sites for hydroxylation is 6. The molecule has 1 heteroatoms. The highest BCUT2D eigenvalue weighted by atomic mass is 15.1. The third kappa shape index (κ3) is 6.60. The number of nitrogens with zero attached hydrogens (tertiary/aromatic N) is 1. The minimum atomic E-state index is 1.18. The van der Waals surface area contributed by atoms with E-state index in [4.69, 9.17) is 0 Å². The van der Waals surface area contributed by atoms with Crippen molar-refractivity contribution in [3.05, 3.63) is 234 Å². The van der Waals surface area contributed by atoms with Crippen LogP contribution < -0.4 is 4.90 Å². The van der Waals surface area contributed by atoms with Gasteiger partial charge in [0.05, 0.1) is 0 Å². The molecule has 0 atom stereocenters. The van der Waals surface area contributed by atoms with E-state index in [0.29, 0.717) is 0 Å². The molecule has 0 spiro atoms. The van der Waals surface area contributed by atoms with Crippen LogP contribution in [-0.2, 0) is 0 Å². The molecule has 1 nitrogen and oxygen atoms in total. The van der Waals surface area contributed by atoms with E-state index in [1.165, 1.54) is 148 Å². The summed E-state index contributed by atoms with van der Waals surface area (Å²) in [6, 6.07) is 74.8. The van der Waals surface area contributed by atoms with Gasteiger partial charge in [-0.25, -0.2) is 0 Å². The fourth-order valence-electron chi connectivity index (χ4n) is 11.2. The first-order chi connectivity index (χ1) is 32.7. The first-order valence-corrected chi connectivity index (χ1v) is 23.6. The van der Waals surface area contributed by atoms with Gasteiger partial charge in [0, 0.05) is 17.1 Å². The third-order valence-corrected chi connectivity index (χ3v) is 14.5. The van der Waals surface area contributed by atoms with Gasteiger partial charge in [-0.1, -0.05) is 146 Å². The Balaban J connectivity index is 1.10. The van der Waals surface area contributed by atoms with Crippen LogP contribution in [0.25, 0.3) is 98.0 Å². The van der Waals surface area contributed by atoms with E-state index < -0.39 is 0 Å². The van der Waals surface area contributed by atoms with E-state index in [2.05, 4.69) is 247 Å². The monoisotopic (exact) mass is 857 g/mol. The highest BCUT2D eigenvalue weighted by Crippen LogP contribution is 2.49. The topological polar surface area (TPSA) is 3.24 Å². The van der Waals surface area contributed by atoms with E-state index in [1.54, 1.807) is 0 Å². The van der Waals surface area contributed by atoms with Gasteiger partial charge in [-0.3, -0.25) is 0 Å². The second-order valence-electron chi connectivity index (χ2n) is 18.8. The molecule has 12 aromatic rings. The smallest absolute Gasteiger partial charge is 0.0494 e. The van der Waals surface area contributed by atoms with Crippen molar-refractivity contribution in [2.24, 2.45) is 0 Å². The SMILES string of the molecule is Cc1cc(N(c2cc(C)c(-c3c4ccccc4cc4ccccc34)cc2C)c2cc(C)c(-c3c4ccccc4cc4ccccc34)cc2C)c(C)cc1-c1c2ccccc2cc2ccccc12. The molecule has 0 unspecified atom stereocenters. The summed E-state index contributed by atoms with van der Waals surface area (Å²) in [4.78, 5) is 2.56. The minimum Gasteiger partial charge on any atom is -0.310 e. The Kier molecular flexibility index (Phi) is 9.59. The van der Waals surface area contributed by atoms with Crippen molar-refractivity contribution in [3.63, 3.8) is 0 Å². The maximum Gasteiger partial charge on any atom is 0.0494 e. The van der Waals surface area contributed by atoms with Crippen LogP contribution in [0.2, 0.25) is 0 Å². The number of hydrogen-bond donors (Lipinski definition) is 0. The quantitative estimate of drug-likeness (QED) is 0.151. The zero-order valence-corrected chi connectivity index (χ0v) is 39.0. The summed E-state index contributed by atoms with van der Waals surface area (Å²) >= 11 is 0. The molecule has 0 aliphatic carbocycles. The number of anilines is 3. The minimum absolute atomic E-state index is 1.18. The Morgan fingerprint density at radius 2 is 0.433 bits per heavy atom. The lowest BCUT2D eigenvalue weighted by atomic mass is 9.87. The van der Waals surface area contributed by atoms with E-state index in [9.17, 15) is 0 Å². The average Bonchev–Trinajstić information content (AvgIpc) is 3.34. The number of fused-ring (bicyclic) bond motifs is 6. The molecule has 0 heterocycles. The molecule has 0 amide bonds. The van der Waals surface area contributed by atoms with Gasteiger partial charge in [0.15, 0.2) is 0 Å². The second-order valence-corrected chi connectivity index (χ2v) is 18.8. The molecule has 0 radical (unpaired) electrons. The van der Waals surface area contributed by atoms with Gasteiger partial charge < -0.3 is 4.90 Å². The Hall–Kier alpha value is -8.00. The molecular formula is C66H51N. The molecule has 12 rings (SSSR count). The van der Waals surface area contributed by atoms with Crippen molar-refractivity contribution < 1.29 is 0 Å². The molecule has 0 N–H and O–H groups in total. The van der Waals surface area contributed by atoms with Crippen molar-refractivity contribution in [1.29, 1.82) is 0 Å².